The van der Waals surface area contributed by atoms with Gasteiger partial charge in [-0.25, -0.2) is 0 Å². The van der Waals surface area contributed by atoms with Crippen molar-refractivity contribution in [3.05, 3.63) is 59.4 Å². The molecule has 2 aromatic rings. The Morgan fingerprint density at radius 1 is 1.33 bits per heavy atom. The smallest absolute Gasteiger partial charge is 0.267 e. The number of rotatable bonds is 5. The molecule has 1 aliphatic rings. The minimum Gasteiger partial charge on any atom is -0.357 e. The minimum absolute atomic E-state index is 0.0491. The van der Waals surface area contributed by atoms with E-state index in [0.29, 0.717) is 18.2 Å². The van der Waals surface area contributed by atoms with Gasteiger partial charge >= 0.3 is 0 Å². The normalized spacial score (nSPS) is 18.0. The second-order valence-corrected chi connectivity index (χ2v) is 6.31. The molecule has 1 unspecified atom stereocenters. The molecule has 1 aromatic carbocycles. The lowest BCUT2D eigenvalue weighted by Gasteiger charge is -2.33. The molecule has 1 saturated heterocycles. The molecule has 1 aromatic heterocycles. The monoisotopic (exact) mass is 322 g/mol. The van der Waals surface area contributed by atoms with Crippen LogP contribution in [0.25, 0.3) is 0 Å². The number of nitrogens with one attached hydrogen (secondary N) is 2. The van der Waals surface area contributed by atoms with Gasteiger partial charge in [-0.05, 0) is 49.1 Å². The van der Waals surface area contributed by atoms with E-state index in [1.165, 1.54) is 0 Å². The number of hydrogen-bond donors (Lipinski definition) is 2. The Kier molecular flexibility index (Phi) is 5.29. The maximum absolute atomic E-state index is 12.0. The number of nitrogens with zero attached hydrogens (tertiary/aromatic N) is 2. The highest BCUT2D eigenvalue weighted by atomic mass is 16.1. The van der Waals surface area contributed by atoms with Gasteiger partial charge in [0.25, 0.3) is 5.91 Å². The molecular weight excluding hydrogens is 300 g/mol. The first-order valence-electron chi connectivity index (χ1n) is 8.38. The van der Waals surface area contributed by atoms with Gasteiger partial charge in [-0.15, -0.1) is 0 Å². The predicted molar refractivity (Wildman–Crippen MR) is 92.3 cm³/mol. The Labute approximate surface area is 142 Å². The van der Waals surface area contributed by atoms with E-state index in [-0.39, 0.29) is 5.91 Å². The van der Waals surface area contributed by atoms with Crippen LogP contribution >= 0.6 is 0 Å². The molecule has 5 heteroatoms. The quantitative estimate of drug-likeness (QED) is 0.888. The fraction of sp³-hybridized carbons (Fsp3) is 0.368. The summed E-state index contributed by atoms with van der Waals surface area (Å²) in [6.07, 6.45) is 4.00. The molecule has 0 radical (unpaired) electrons. The van der Waals surface area contributed by atoms with E-state index in [1.807, 2.05) is 30.3 Å². The van der Waals surface area contributed by atoms with Crippen molar-refractivity contribution >= 4 is 5.91 Å². The Hall–Kier alpha value is -2.58. The second-order valence-electron chi connectivity index (χ2n) is 6.31. The zero-order valence-corrected chi connectivity index (χ0v) is 13.7. The summed E-state index contributed by atoms with van der Waals surface area (Å²) in [7, 11) is 0. The number of piperidine rings is 1. The summed E-state index contributed by atoms with van der Waals surface area (Å²) in [5, 5.41) is 12.2. The maximum Gasteiger partial charge on any atom is 0.267 e. The van der Waals surface area contributed by atoms with Gasteiger partial charge in [0.15, 0.2) is 0 Å². The van der Waals surface area contributed by atoms with Crippen LogP contribution < -0.4 is 5.32 Å². The summed E-state index contributed by atoms with van der Waals surface area (Å²) in [6.45, 7) is 3.48. The van der Waals surface area contributed by atoms with Crippen LogP contribution in [0, 0.1) is 17.2 Å². The number of carbonyl (C=O) groups excluding carboxylic acids is 1. The first-order chi connectivity index (χ1) is 11.8. The maximum atomic E-state index is 12.0. The molecule has 1 atom stereocenters. The van der Waals surface area contributed by atoms with E-state index in [2.05, 4.69) is 21.3 Å². The molecule has 0 bridgehead atoms. The van der Waals surface area contributed by atoms with Gasteiger partial charge in [0, 0.05) is 25.8 Å². The average Bonchev–Trinajstić information content (AvgIpc) is 3.15. The highest BCUT2D eigenvalue weighted by Crippen LogP contribution is 2.19. The molecule has 2 N–H and O–H groups in total. The van der Waals surface area contributed by atoms with E-state index < -0.39 is 0 Å². The number of amides is 1. The van der Waals surface area contributed by atoms with Crippen molar-refractivity contribution in [2.75, 3.05) is 19.6 Å². The summed E-state index contributed by atoms with van der Waals surface area (Å²) < 4.78 is 0. The zero-order valence-electron chi connectivity index (χ0n) is 13.7. The standard InChI is InChI=1S/C19H22N4O/c20-11-16-6-1-2-7-17(16)14-23-10-4-5-15(13-23)12-22-19(24)18-8-3-9-21-18/h1-3,6-9,15,21H,4-5,10,12-14H2,(H,22,24). The number of hydrogen-bond acceptors (Lipinski definition) is 3. The van der Waals surface area contributed by atoms with Crippen LogP contribution in [0.2, 0.25) is 0 Å². The average molecular weight is 322 g/mol. The second kappa shape index (κ2) is 7.80. The fourth-order valence-electron chi connectivity index (χ4n) is 3.27. The number of benzene rings is 1. The van der Waals surface area contributed by atoms with Crippen molar-refractivity contribution < 1.29 is 4.79 Å². The van der Waals surface area contributed by atoms with Gasteiger partial charge in [-0.1, -0.05) is 18.2 Å². The van der Waals surface area contributed by atoms with Crippen molar-refractivity contribution in [2.24, 2.45) is 5.92 Å². The van der Waals surface area contributed by atoms with Crippen LogP contribution in [0.1, 0.15) is 34.5 Å². The molecular formula is C19H22N4O. The lowest BCUT2D eigenvalue weighted by atomic mass is 9.97. The first-order valence-corrected chi connectivity index (χ1v) is 8.38. The zero-order chi connectivity index (χ0) is 16.8. The number of aromatic nitrogens is 1. The number of likely N-dealkylation sites (tertiary alicyclic amines) is 1. The van der Waals surface area contributed by atoms with Crippen LogP contribution in [-0.2, 0) is 6.54 Å². The molecule has 5 nitrogen and oxygen atoms in total. The SMILES string of the molecule is N#Cc1ccccc1CN1CCCC(CNC(=O)c2ccc[nH]2)C1. The summed E-state index contributed by atoms with van der Waals surface area (Å²) in [6, 6.07) is 13.6. The molecule has 3 rings (SSSR count). The summed E-state index contributed by atoms with van der Waals surface area (Å²) in [4.78, 5) is 17.3. The van der Waals surface area contributed by atoms with Gasteiger partial charge in [0.05, 0.1) is 11.6 Å². The molecule has 24 heavy (non-hydrogen) atoms. The lowest BCUT2D eigenvalue weighted by Crippen LogP contribution is -2.40. The third-order valence-corrected chi connectivity index (χ3v) is 4.53. The number of H-pyrrole nitrogens is 1. The Morgan fingerprint density at radius 3 is 3.00 bits per heavy atom. The molecule has 124 valence electrons. The van der Waals surface area contributed by atoms with Crippen molar-refractivity contribution in [3.8, 4) is 6.07 Å². The van der Waals surface area contributed by atoms with Gasteiger partial charge in [0.1, 0.15) is 5.69 Å². The van der Waals surface area contributed by atoms with Gasteiger partial charge in [0.2, 0.25) is 0 Å². The molecule has 1 amide bonds. The molecule has 1 fully saturated rings. The first kappa shape index (κ1) is 16.3. The Morgan fingerprint density at radius 2 is 2.21 bits per heavy atom. The third-order valence-electron chi connectivity index (χ3n) is 4.53. The van der Waals surface area contributed by atoms with Crippen molar-refractivity contribution in [2.45, 2.75) is 19.4 Å². The molecule has 0 aliphatic carbocycles. The molecule has 1 aliphatic heterocycles. The van der Waals surface area contributed by atoms with Crippen molar-refractivity contribution in [1.29, 1.82) is 5.26 Å². The van der Waals surface area contributed by atoms with E-state index in [1.54, 1.807) is 12.3 Å². The van der Waals surface area contributed by atoms with Gasteiger partial charge in [-0.3, -0.25) is 9.69 Å². The topological polar surface area (TPSA) is 71.9 Å². The van der Waals surface area contributed by atoms with Crippen LogP contribution in [0.4, 0.5) is 0 Å². The highest BCUT2D eigenvalue weighted by Gasteiger charge is 2.21. The molecule has 0 spiro atoms. The van der Waals surface area contributed by atoms with E-state index in [4.69, 9.17) is 0 Å². The highest BCUT2D eigenvalue weighted by molar-refractivity contribution is 5.92. The van der Waals surface area contributed by atoms with Crippen LogP contribution in [0.5, 0.6) is 0 Å². The van der Waals surface area contributed by atoms with Crippen molar-refractivity contribution in [3.63, 3.8) is 0 Å². The summed E-state index contributed by atoms with van der Waals surface area (Å²) in [5.74, 6) is 0.402. The number of nitriles is 1. The largest absolute Gasteiger partial charge is 0.357 e. The predicted octanol–water partition coefficient (Wildman–Crippen LogP) is 2.53. The molecule has 0 saturated carbocycles. The van der Waals surface area contributed by atoms with Crippen LogP contribution in [-0.4, -0.2) is 35.4 Å². The third kappa shape index (κ3) is 4.03. The van der Waals surface area contributed by atoms with E-state index in [0.717, 1.165) is 43.6 Å². The van der Waals surface area contributed by atoms with Gasteiger partial charge in [-0.2, -0.15) is 5.26 Å². The number of carbonyl (C=O) groups is 1. The summed E-state index contributed by atoms with van der Waals surface area (Å²) >= 11 is 0. The minimum atomic E-state index is -0.0491. The van der Waals surface area contributed by atoms with Gasteiger partial charge < -0.3 is 10.3 Å². The Balaban J connectivity index is 1.53. The Bertz CT molecular complexity index is 717. The van der Waals surface area contributed by atoms with E-state index in [9.17, 15) is 10.1 Å². The summed E-state index contributed by atoms with van der Waals surface area (Å²) in [5.41, 5.74) is 2.43. The van der Waals surface area contributed by atoms with E-state index >= 15 is 0 Å². The van der Waals surface area contributed by atoms with Crippen molar-refractivity contribution in [1.82, 2.24) is 15.2 Å². The van der Waals surface area contributed by atoms with Crippen LogP contribution in [0.3, 0.4) is 0 Å². The van der Waals surface area contributed by atoms with Crippen LogP contribution in [0.15, 0.2) is 42.6 Å². The number of aromatic amines is 1. The lowest BCUT2D eigenvalue weighted by molar-refractivity contribution is 0.0926. The fourth-order valence-corrected chi connectivity index (χ4v) is 3.27. The molecule has 2 heterocycles.